The van der Waals surface area contributed by atoms with Crippen LogP contribution >= 0.6 is 12.2 Å². The van der Waals surface area contributed by atoms with Crippen LogP contribution in [0.2, 0.25) is 0 Å². The van der Waals surface area contributed by atoms with Gasteiger partial charge in [0, 0.05) is 31.9 Å². The van der Waals surface area contributed by atoms with Gasteiger partial charge in [0.15, 0.2) is 6.61 Å². The average molecular weight is 465 g/mol. The van der Waals surface area contributed by atoms with Crippen LogP contribution in [0.1, 0.15) is 29.9 Å². The molecule has 3 aromatic rings. The van der Waals surface area contributed by atoms with Crippen LogP contribution in [0.5, 0.6) is 5.75 Å². The number of fused-ring (bicyclic) bond motifs is 1. The molecule has 0 unspecified atom stereocenters. The summed E-state index contributed by atoms with van der Waals surface area (Å²) in [5.41, 5.74) is 3.97. The van der Waals surface area contributed by atoms with Gasteiger partial charge in [0.2, 0.25) is 5.91 Å². The maximum Gasteiger partial charge on any atom is 0.287 e. The Labute approximate surface area is 198 Å². The van der Waals surface area contributed by atoms with E-state index in [2.05, 4.69) is 34.3 Å². The highest BCUT2D eigenvalue weighted by atomic mass is 32.1. The van der Waals surface area contributed by atoms with E-state index in [0.29, 0.717) is 19.0 Å². The second-order valence-electron chi connectivity index (χ2n) is 8.55. The fourth-order valence-electron chi connectivity index (χ4n) is 4.53. The van der Waals surface area contributed by atoms with Crippen molar-refractivity contribution in [2.45, 2.75) is 38.8 Å². The van der Waals surface area contributed by atoms with Crippen molar-refractivity contribution >= 4 is 23.8 Å². The first-order valence-electron chi connectivity index (χ1n) is 11.5. The SMILES string of the molecule is O=C(Cn1nc(COc2ccc3c(c2)CCCC3)oc1=S)N1CCN(c2ccccc2)CC1. The number of nitrogens with zero attached hydrogens (tertiary/aromatic N) is 4. The Morgan fingerprint density at radius 2 is 1.76 bits per heavy atom. The van der Waals surface area contributed by atoms with Crippen LogP contribution in [-0.4, -0.2) is 46.8 Å². The number of aryl methyl sites for hydroxylation is 2. The Balaban J connectivity index is 1.15. The summed E-state index contributed by atoms with van der Waals surface area (Å²) < 4.78 is 12.9. The molecule has 7 nitrogen and oxygen atoms in total. The summed E-state index contributed by atoms with van der Waals surface area (Å²) in [6.07, 6.45) is 4.73. The second-order valence-corrected chi connectivity index (χ2v) is 8.90. The highest BCUT2D eigenvalue weighted by Gasteiger charge is 2.22. The highest BCUT2D eigenvalue weighted by molar-refractivity contribution is 7.71. The highest BCUT2D eigenvalue weighted by Crippen LogP contribution is 2.25. The van der Waals surface area contributed by atoms with Gasteiger partial charge in [-0.1, -0.05) is 24.3 Å². The van der Waals surface area contributed by atoms with Crippen molar-refractivity contribution in [2.24, 2.45) is 0 Å². The molecule has 0 spiro atoms. The minimum Gasteiger partial charge on any atom is -0.484 e. The fraction of sp³-hybridized carbons (Fsp3) is 0.400. The summed E-state index contributed by atoms with van der Waals surface area (Å²) in [6.45, 7) is 3.21. The van der Waals surface area contributed by atoms with E-state index in [1.807, 2.05) is 29.2 Å². The van der Waals surface area contributed by atoms with E-state index >= 15 is 0 Å². The van der Waals surface area contributed by atoms with E-state index < -0.39 is 0 Å². The number of anilines is 1. The predicted molar refractivity (Wildman–Crippen MR) is 128 cm³/mol. The summed E-state index contributed by atoms with van der Waals surface area (Å²) in [5.74, 6) is 1.17. The molecule has 0 radical (unpaired) electrons. The van der Waals surface area contributed by atoms with Crippen molar-refractivity contribution in [3.8, 4) is 5.75 Å². The van der Waals surface area contributed by atoms with Crippen LogP contribution in [0.25, 0.3) is 0 Å². The van der Waals surface area contributed by atoms with Crippen LogP contribution in [0, 0.1) is 4.84 Å². The summed E-state index contributed by atoms with van der Waals surface area (Å²) in [4.78, 5) is 17.2. The Bertz CT molecular complexity index is 1170. The summed E-state index contributed by atoms with van der Waals surface area (Å²) >= 11 is 5.29. The van der Waals surface area contributed by atoms with E-state index in [1.54, 1.807) is 0 Å². The van der Waals surface area contributed by atoms with Crippen molar-refractivity contribution in [3.05, 3.63) is 70.4 Å². The largest absolute Gasteiger partial charge is 0.484 e. The zero-order valence-electron chi connectivity index (χ0n) is 18.6. The fourth-order valence-corrected chi connectivity index (χ4v) is 4.73. The van der Waals surface area contributed by atoms with Gasteiger partial charge in [-0.2, -0.15) is 0 Å². The number of hydrogen-bond acceptors (Lipinski definition) is 6. The number of amides is 1. The topological polar surface area (TPSA) is 63.7 Å². The molecule has 1 aliphatic carbocycles. The molecule has 0 bridgehead atoms. The predicted octanol–water partition coefficient (Wildman–Crippen LogP) is 4.01. The molecule has 5 rings (SSSR count). The van der Waals surface area contributed by atoms with Crippen molar-refractivity contribution in [3.63, 3.8) is 0 Å². The molecule has 172 valence electrons. The lowest BCUT2D eigenvalue weighted by Crippen LogP contribution is -2.49. The lowest BCUT2D eigenvalue weighted by atomic mass is 9.92. The van der Waals surface area contributed by atoms with Crippen LogP contribution in [0.4, 0.5) is 5.69 Å². The first-order chi connectivity index (χ1) is 16.2. The van der Waals surface area contributed by atoms with Gasteiger partial charge < -0.3 is 19.0 Å². The number of benzene rings is 2. The van der Waals surface area contributed by atoms with Crippen molar-refractivity contribution in [2.75, 3.05) is 31.1 Å². The molecule has 2 heterocycles. The Morgan fingerprint density at radius 1 is 1.00 bits per heavy atom. The van der Waals surface area contributed by atoms with Gasteiger partial charge in [-0.3, -0.25) is 4.79 Å². The van der Waals surface area contributed by atoms with E-state index in [0.717, 1.165) is 31.7 Å². The first-order valence-corrected chi connectivity index (χ1v) is 12.0. The summed E-state index contributed by atoms with van der Waals surface area (Å²) in [6, 6.07) is 16.5. The van der Waals surface area contributed by atoms with Gasteiger partial charge >= 0.3 is 0 Å². The third kappa shape index (κ3) is 5.11. The standard InChI is InChI=1S/C25H28N4O3S/c30-24(28-14-12-27(13-15-28)21-8-2-1-3-9-21)17-29-25(33)32-23(26-29)18-31-22-11-10-19-6-4-5-7-20(19)16-22/h1-3,8-11,16H,4-7,12-15,17-18H2. The number of para-hydroxylation sites is 1. The summed E-state index contributed by atoms with van der Waals surface area (Å²) in [5, 5.41) is 4.37. The van der Waals surface area contributed by atoms with Crippen LogP contribution < -0.4 is 9.64 Å². The molecule has 0 saturated carbocycles. The molecule has 1 fully saturated rings. The van der Waals surface area contributed by atoms with E-state index in [1.165, 1.54) is 34.3 Å². The number of ether oxygens (including phenoxy) is 1. The number of carbonyl (C=O) groups is 1. The second kappa shape index (κ2) is 9.79. The van der Waals surface area contributed by atoms with Gasteiger partial charge in [0.25, 0.3) is 10.7 Å². The van der Waals surface area contributed by atoms with Crippen LogP contribution in [-0.2, 0) is 30.8 Å². The molecular formula is C25H28N4O3S. The van der Waals surface area contributed by atoms with E-state index in [4.69, 9.17) is 21.4 Å². The van der Waals surface area contributed by atoms with Crippen LogP contribution in [0.15, 0.2) is 52.9 Å². The molecule has 2 aromatic carbocycles. The molecule has 1 aromatic heterocycles. The Kier molecular flexibility index (Phi) is 6.44. The number of piperazine rings is 1. The molecule has 0 N–H and O–H groups in total. The van der Waals surface area contributed by atoms with Crippen molar-refractivity contribution in [1.82, 2.24) is 14.7 Å². The molecule has 1 saturated heterocycles. The normalized spacial score (nSPS) is 15.9. The zero-order valence-corrected chi connectivity index (χ0v) is 19.4. The minimum atomic E-state index is -0.00531. The summed E-state index contributed by atoms with van der Waals surface area (Å²) in [7, 11) is 0. The third-order valence-corrected chi connectivity index (χ3v) is 6.66. The monoisotopic (exact) mass is 464 g/mol. The van der Waals surface area contributed by atoms with Crippen LogP contribution in [0.3, 0.4) is 0 Å². The van der Waals surface area contributed by atoms with E-state index in [-0.39, 0.29) is 23.9 Å². The van der Waals surface area contributed by atoms with Crippen molar-refractivity contribution in [1.29, 1.82) is 0 Å². The molecule has 8 heteroatoms. The molecular weight excluding hydrogens is 436 g/mol. The van der Waals surface area contributed by atoms with Gasteiger partial charge in [-0.25, -0.2) is 4.68 Å². The number of aromatic nitrogens is 2. The number of carbonyl (C=O) groups excluding carboxylic acids is 1. The average Bonchev–Trinajstić information content (AvgIpc) is 3.22. The number of rotatable bonds is 6. The Hall–Kier alpha value is -3.13. The maximum atomic E-state index is 12.8. The minimum absolute atomic E-state index is 0.00531. The van der Waals surface area contributed by atoms with E-state index in [9.17, 15) is 4.79 Å². The molecule has 1 amide bonds. The maximum absolute atomic E-state index is 12.8. The smallest absolute Gasteiger partial charge is 0.287 e. The molecule has 1 aliphatic heterocycles. The molecule has 33 heavy (non-hydrogen) atoms. The van der Waals surface area contributed by atoms with Crippen molar-refractivity contribution < 1.29 is 13.9 Å². The Morgan fingerprint density at radius 3 is 2.55 bits per heavy atom. The van der Waals surface area contributed by atoms with Gasteiger partial charge in [0.1, 0.15) is 12.3 Å². The lowest BCUT2D eigenvalue weighted by Gasteiger charge is -2.36. The first kappa shape index (κ1) is 21.7. The van der Waals surface area contributed by atoms with Gasteiger partial charge in [-0.05, 0) is 73.3 Å². The third-order valence-electron chi connectivity index (χ3n) is 6.37. The zero-order chi connectivity index (χ0) is 22.6. The quantitative estimate of drug-likeness (QED) is 0.514. The number of hydrogen-bond donors (Lipinski definition) is 0. The van der Waals surface area contributed by atoms with Gasteiger partial charge in [-0.15, -0.1) is 5.10 Å². The molecule has 0 atom stereocenters. The lowest BCUT2D eigenvalue weighted by molar-refractivity contribution is -0.132. The van der Waals surface area contributed by atoms with Gasteiger partial charge in [0.05, 0.1) is 0 Å². The molecule has 2 aliphatic rings.